The molecule has 1 atom stereocenters. The van der Waals surface area contributed by atoms with Crippen molar-refractivity contribution in [2.75, 3.05) is 11.4 Å². The SMILES string of the molecule is O=C(NNC(=O)[C@H]1CC(=O)N(c2cccc(C(F)(F)F)c2)C1)c1ccccn1. The molecule has 0 saturated carbocycles. The third-order valence-electron chi connectivity index (χ3n) is 4.18. The number of anilines is 1. The highest BCUT2D eigenvalue weighted by Gasteiger charge is 2.37. The van der Waals surface area contributed by atoms with Crippen LogP contribution in [-0.2, 0) is 15.8 Å². The maximum atomic E-state index is 12.9. The van der Waals surface area contributed by atoms with E-state index < -0.39 is 35.4 Å². The molecule has 3 amide bonds. The molecule has 2 heterocycles. The van der Waals surface area contributed by atoms with Gasteiger partial charge in [0.1, 0.15) is 5.69 Å². The van der Waals surface area contributed by atoms with Crippen LogP contribution in [0.25, 0.3) is 0 Å². The molecule has 1 aliphatic heterocycles. The first kappa shape index (κ1) is 19.3. The number of alkyl halides is 3. The van der Waals surface area contributed by atoms with Crippen LogP contribution >= 0.6 is 0 Å². The van der Waals surface area contributed by atoms with E-state index in [0.717, 1.165) is 17.0 Å². The van der Waals surface area contributed by atoms with E-state index in [9.17, 15) is 27.6 Å². The molecule has 1 aliphatic rings. The van der Waals surface area contributed by atoms with Crippen molar-refractivity contribution in [1.82, 2.24) is 15.8 Å². The molecule has 2 aromatic rings. The summed E-state index contributed by atoms with van der Waals surface area (Å²) in [6, 6.07) is 9.02. The normalized spacial score (nSPS) is 16.8. The fourth-order valence-corrected chi connectivity index (χ4v) is 2.76. The molecule has 2 N–H and O–H groups in total. The van der Waals surface area contributed by atoms with Crippen LogP contribution < -0.4 is 15.8 Å². The minimum absolute atomic E-state index is 0.0626. The number of halogens is 3. The van der Waals surface area contributed by atoms with E-state index in [1.54, 1.807) is 12.1 Å². The molecule has 28 heavy (non-hydrogen) atoms. The van der Waals surface area contributed by atoms with Crippen molar-refractivity contribution in [2.24, 2.45) is 5.92 Å². The zero-order valence-electron chi connectivity index (χ0n) is 14.4. The Hall–Kier alpha value is -3.43. The van der Waals surface area contributed by atoms with Gasteiger partial charge in [-0.25, -0.2) is 0 Å². The molecule has 146 valence electrons. The van der Waals surface area contributed by atoms with E-state index in [1.165, 1.54) is 24.4 Å². The van der Waals surface area contributed by atoms with Gasteiger partial charge in [-0.15, -0.1) is 0 Å². The Kier molecular flexibility index (Phi) is 5.30. The van der Waals surface area contributed by atoms with Crippen LogP contribution in [0.4, 0.5) is 18.9 Å². The maximum Gasteiger partial charge on any atom is 0.416 e. The minimum Gasteiger partial charge on any atom is -0.312 e. The molecule has 1 aromatic heterocycles. The molecule has 10 heteroatoms. The van der Waals surface area contributed by atoms with Gasteiger partial charge in [0.15, 0.2) is 0 Å². The summed E-state index contributed by atoms with van der Waals surface area (Å²) in [6.07, 6.45) is -3.30. The van der Waals surface area contributed by atoms with Crippen LogP contribution in [-0.4, -0.2) is 29.3 Å². The van der Waals surface area contributed by atoms with E-state index in [2.05, 4.69) is 15.8 Å². The molecular formula is C18H15F3N4O3. The Morgan fingerprint density at radius 2 is 1.89 bits per heavy atom. The number of carbonyl (C=O) groups is 3. The second-order valence-corrected chi connectivity index (χ2v) is 6.11. The third kappa shape index (κ3) is 4.27. The van der Waals surface area contributed by atoms with E-state index in [0.29, 0.717) is 0 Å². The summed E-state index contributed by atoms with van der Waals surface area (Å²) in [7, 11) is 0. The van der Waals surface area contributed by atoms with Gasteiger partial charge < -0.3 is 4.90 Å². The number of hydrazine groups is 1. The van der Waals surface area contributed by atoms with E-state index >= 15 is 0 Å². The van der Waals surface area contributed by atoms with Crippen molar-refractivity contribution < 1.29 is 27.6 Å². The number of carbonyl (C=O) groups excluding carboxylic acids is 3. The lowest BCUT2D eigenvalue weighted by molar-refractivity contribution is -0.137. The second kappa shape index (κ2) is 7.67. The first-order chi connectivity index (χ1) is 13.3. The third-order valence-corrected chi connectivity index (χ3v) is 4.18. The highest BCUT2D eigenvalue weighted by atomic mass is 19.4. The molecule has 0 spiro atoms. The topological polar surface area (TPSA) is 91.4 Å². The Labute approximate surface area is 157 Å². The average molecular weight is 392 g/mol. The number of hydrogen-bond donors (Lipinski definition) is 2. The molecule has 0 bridgehead atoms. The lowest BCUT2D eigenvalue weighted by atomic mass is 10.1. The number of amides is 3. The predicted molar refractivity (Wildman–Crippen MR) is 91.7 cm³/mol. The van der Waals surface area contributed by atoms with Crippen LogP contribution in [0.15, 0.2) is 48.7 Å². The van der Waals surface area contributed by atoms with Gasteiger partial charge in [0.2, 0.25) is 11.8 Å². The van der Waals surface area contributed by atoms with Crippen molar-refractivity contribution in [3.05, 3.63) is 59.9 Å². The van der Waals surface area contributed by atoms with Crippen LogP contribution in [0.1, 0.15) is 22.5 Å². The van der Waals surface area contributed by atoms with Gasteiger partial charge in [-0.05, 0) is 30.3 Å². The van der Waals surface area contributed by atoms with Crippen molar-refractivity contribution in [3.8, 4) is 0 Å². The number of aromatic nitrogens is 1. The molecule has 0 unspecified atom stereocenters. The van der Waals surface area contributed by atoms with Crippen LogP contribution in [0, 0.1) is 5.92 Å². The van der Waals surface area contributed by atoms with Crippen molar-refractivity contribution in [3.63, 3.8) is 0 Å². The monoisotopic (exact) mass is 392 g/mol. The lowest BCUT2D eigenvalue weighted by Gasteiger charge is -2.18. The zero-order chi connectivity index (χ0) is 20.3. The Morgan fingerprint density at radius 1 is 1.11 bits per heavy atom. The van der Waals surface area contributed by atoms with Gasteiger partial charge in [0.25, 0.3) is 5.91 Å². The quantitative estimate of drug-likeness (QED) is 0.781. The zero-order valence-corrected chi connectivity index (χ0v) is 14.4. The summed E-state index contributed by atoms with van der Waals surface area (Å²) in [5.74, 6) is -2.54. The Bertz CT molecular complexity index is 902. The lowest BCUT2D eigenvalue weighted by Crippen LogP contribution is -2.45. The number of nitrogens with zero attached hydrogens (tertiary/aromatic N) is 2. The van der Waals surface area contributed by atoms with Crippen LogP contribution in [0.3, 0.4) is 0 Å². The fraction of sp³-hybridized carbons (Fsp3) is 0.222. The standard InChI is InChI=1S/C18H15F3N4O3/c19-18(20,21)12-4-3-5-13(9-12)25-10-11(8-15(25)26)16(27)23-24-17(28)14-6-1-2-7-22-14/h1-7,9,11H,8,10H2,(H,23,27)(H,24,28)/t11-/m0/s1. The van der Waals surface area contributed by atoms with Crippen LogP contribution in [0.2, 0.25) is 0 Å². The summed E-state index contributed by atoms with van der Waals surface area (Å²) >= 11 is 0. The summed E-state index contributed by atoms with van der Waals surface area (Å²) in [4.78, 5) is 41.2. The first-order valence-electron chi connectivity index (χ1n) is 8.24. The Morgan fingerprint density at radius 3 is 2.57 bits per heavy atom. The highest BCUT2D eigenvalue weighted by molar-refractivity contribution is 6.01. The van der Waals surface area contributed by atoms with Crippen LogP contribution in [0.5, 0.6) is 0 Å². The molecule has 3 rings (SSSR count). The molecule has 7 nitrogen and oxygen atoms in total. The summed E-state index contributed by atoms with van der Waals surface area (Å²) in [6.45, 7) is -0.0918. The number of nitrogens with one attached hydrogen (secondary N) is 2. The van der Waals surface area contributed by atoms with Crippen molar-refractivity contribution in [2.45, 2.75) is 12.6 Å². The average Bonchev–Trinajstić information content (AvgIpc) is 3.08. The fourth-order valence-electron chi connectivity index (χ4n) is 2.76. The van der Waals surface area contributed by atoms with Gasteiger partial charge in [0, 0.05) is 24.8 Å². The smallest absolute Gasteiger partial charge is 0.312 e. The van der Waals surface area contributed by atoms with Crippen molar-refractivity contribution in [1.29, 1.82) is 0 Å². The minimum atomic E-state index is -4.54. The predicted octanol–water partition coefficient (Wildman–Crippen LogP) is 1.91. The summed E-state index contributed by atoms with van der Waals surface area (Å²) < 4.78 is 38.6. The molecular weight excluding hydrogens is 377 g/mol. The number of pyridine rings is 1. The van der Waals surface area contributed by atoms with E-state index in [1.807, 2.05) is 0 Å². The number of rotatable bonds is 3. The van der Waals surface area contributed by atoms with Gasteiger partial charge in [-0.2, -0.15) is 13.2 Å². The first-order valence-corrected chi connectivity index (χ1v) is 8.24. The number of benzene rings is 1. The van der Waals surface area contributed by atoms with E-state index in [4.69, 9.17) is 0 Å². The molecule has 0 radical (unpaired) electrons. The van der Waals surface area contributed by atoms with Gasteiger partial charge in [-0.3, -0.25) is 30.2 Å². The molecule has 1 saturated heterocycles. The van der Waals surface area contributed by atoms with Gasteiger partial charge in [0.05, 0.1) is 11.5 Å². The van der Waals surface area contributed by atoms with Gasteiger partial charge in [-0.1, -0.05) is 12.1 Å². The Balaban J connectivity index is 1.63. The van der Waals surface area contributed by atoms with Crippen molar-refractivity contribution >= 4 is 23.4 Å². The summed E-state index contributed by atoms with van der Waals surface area (Å²) in [5, 5.41) is 0. The molecule has 1 fully saturated rings. The largest absolute Gasteiger partial charge is 0.416 e. The molecule has 0 aliphatic carbocycles. The maximum absolute atomic E-state index is 12.9. The van der Waals surface area contributed by atoms with E-state index in [-0.39, 0.29) is 24.3 Å². The number of hydrogen-bond acceptors (Lipinski definition) is 4. The second-order valence-electron chi connectivity index (χ2n) is 6.11. The molecule has 1 aromatic carbocycles. The van der Waals surface area contributed by atoms with Gasteiger partial charge >= 0.3 is 6.18 Å². The summed E-state index contributed by atoms with van der Waals surface area (Å²) in [5.41, 5.74) is 3.68. The highest BCUT2D eigenvalue weighted by Crippen LogP contribution is 2.33.